The summed E-state index contributed by atoms with van der Waals surface area (Å²) in [7, 11) is 1.72. The number of hydrogen-bond donors (Lipinski definition) is 1. The topological polar surface area (TPSA) is 21.3 Å². The van der Waals surface area contributed by atoms with Crippen molar-refractivity contribution in [3.63, 3.8) is 0 Å². The van der Waals surface area contributed by atoms with E-state index in [9.17, 15) is 0 Å². The zero-order valence-electron chi connectivity index (χ0n) is 11.5. The molecule has 1 N–H and O–H groups in total. The largest absolute Gasteiger partial charge is 0.495 e. The van der Waals surface area contributed by atoms with Gasteiger partial charge in [-0.1, -0.05) is 29.3 Å². The first kappa shape index (κ1) is 15.3. The third-order valence-electron chi connectivity index (χ3n) is 3.84. The Kier molecular flexibility index (Phi) is 5.72. The summed E-state index contributed by atoms with van der Waals surface area (Å²) in [6, 6.07) is 4.13. The van der Waals surface area contributed by atoms with Crippen molar-refractivity contribution in [2.75, 3.05) is 13.7 Å². The van der Waals surface area contributed by atoms with Crippen LogP contribution in [0.4, 0.5) is 0 Å². The van der Waals surface area contributed by atoms with Gasteiger partial charge in [0.2, 0.25) is 0 Å². The Morgan fingerprint density at radius 2 is 2.11 bits per heavy atom. The maximum absolute atomic E-state index is 5.46. The number of nitrogens with one attached hydrogen (secondary N) is 1. The normalized spacial score (nSPS) is 22.7. The Morgan fingerprint density at radius 1 is 1.32 bits per heavy atom. The molecule has 0 saturated heterocycles. The summed E-state index contributed by atoms with van der Waals surface area (Å²) < 4.78 is 7.53. The number of hydrogen-bond acceptors (Lipinski definition) is 2. The van der Waals surface area contributed by atoms with Crippen molar-refractivity contribution in [1.29, 1.82) is 0 Å². The van der Waals surface area contributed by atoms with Crippen molar-refractivity contribution in [1.82, 2.24) is 5.32 Å². The highest BCUT2D eigenvalue weighted by atomic mass is 79.9. The van der Waals surface area contributed by atoms with E-state index in [0.29, 0.717) is 0 Å². The molecule has 106 valence electrons. The van der Waals surface area contributed by atoms with E-state index in [4.69, 9.17) is 4.74 Å². The fourth-order valence-corrected chi connectivity index (χ4v) is 4.37. The van der Waals surface area contributed by atoms with Crippen molar-refractivity contribution < 1.29 is 4.74 Å². The molecule has 0 aromatic heterocycles. The molecule has 19 heavy (non-hydrogen) atoms. The molecule has 1 aliphatic carbocycles. The fraction of sp³-hybridized carbons (Fsp3) is 0.600. The lowest BCUT2D eigenvalue weighted by Gasteiger charge is -2.14. The molecule has 4 heteroatoms. The van der Waals surface area contributed by atoms with Crippen molar-refractivity contribution in [2.45, 2.75) is 32.7 Å². The van der Waals surface area contributed by atoms with Gasteiger partial charge in [-0.25, -0.2) is 0 Å². The van der Waals surface area contributed by atoms with Crippen LogP contribution in [-0.2, 0) is 6.54 Å². The summed E-state index contributed by atoms with van der Waals surface area (Å²) in [5.41, 5.74) is 1.19. The molecule has 1 aromatic rings. The molecule has 0 spiro atoms. The van der Waals surface area contributed by atoms with Crippen LogP contribution in [0.25, 0.3) is 0 Å². The van der Waals surface area contributed by atoms with E-state index in [1.807, 2.05) is 6.07 Å². The van der Waals surface area contributed by atoms with E-state index in [-0.39, 0.29) is 0 Å². The number of methoxy groups -OCH3 is 1. The number of ether oxygens (including phenoxy) is 1. The highest BCUT2D eigenvalue weighted by Crippen LogP contribution is 2.33. The van der Waals surface area contributed by atoms with E-state index in [2.05, 4.69) is 50.2 Å². The maximum Gasteiger partial charge on any atom is 0.137 e. The molecule has 2 rings (SSSR count). The second-order valence-electron chi connectivity index (χ2n) is 5.50. The highest BCUT2D eigenvalue weighted by Gasteiger charge is 2.20. The molecule has 1 saturated carbocycles. The van der Waals surface area contributed by atoms with Gasteiger partial charge in [0.1, 0.15) is 5.75 Å². The summed E-state index contributed by atoms with van der Waals surface area (Å²) in [6.45, 7) is 4.32. The van der Waals surface area contributed by atoms with E-state index in [1.54, 1.807) is 7.11 Å². The zero-order valence-corrected chi connectivity index (χ0v) is 14.7. The smallest absolute Gasteiger partial charge is 0.137 e. The lowest BCUT2D eigenvalue weighted by molar-refractivity contribution is 0.402. The molecular weight excluding hydrogens is 370 g/mol. The van der Waals surface area contributed by atoms with E-state index in [1.165, 1.54) is 24.8 Å². The van der Waals surface area contributed by atoms with Crippen LogP contribution in [0.5, 0.6) is 5.75 Å². The minimum Gasteiger partial charge on any atom is -0.495 e. The molecular formula is C15H21Br2NO. The fourth-order valence-electron chi connectivity index (χ4n) is 2.89. The highest BCUT2D eigenvalue weighted by molar-refractivity contribution is 9.11. The van der Waals surface area contributed by atoms with Gasteiger partial charge in [-0.3, -0.25) is 0 Å². The van der Waals surface area contributed by atoms with Gasteiger partial charge in [0.05, 0.1) is 11.6 Å². The van der Waals surface area contributed by atoms with Crippen LogP contribution in [0, 0.1) is 11.8 Å². The molecule has 1 aromatic carbocycles. The zero-order chi connectivity index (χ0) is 13.8. The van der Waals surface area contributed by atoms with Crippen molar-refractivity contribution in [2.24, 2.45) is 11.8 Å². The van der Waals surface area contributed by atoms with Crippen molar-refractivity contribution >= 4 is 31.9 Å². The molecule has 0 bridgehead atoms. The summed E-state index contributed by atoms with van der Waals surface area (Å²) in [5.74, 6) is 2.67. The first-order valence-corrected chi connectivity index (χ1v) is 8.41. The van der Waals surface area contributed by atoms with Crippen LogP contribution < -0.4 is 10.1 Å². The first-order valence-electron chi connectivity index (χ1n) is 6.82. The molecule has 1 aliphatic rings. The molecule has 2 nitrogen and oxygen atoms in total. The van der Waals surface area contributed by atoms with Gasteiger partial charge in [-0.2, -0.15) is 0 Å². The van der Waals surface area contributed by atoms with Gasteiger partial charge in [-0.15, -0.1) is 0 Å². The molecule has 2 atom stereocenters. The van der Waals surface area contributed by atoms with Crippen LogP contribution >= 0.6 is 31.9 Å². The van der Waals surface area contributed by atoms with E-state index < -0.39 is 0 Å². The minimum atomic E-state index is 0.844. The summed E-state index contributed by atoms with van der Waals surface area (Å²) >= 11 is 7.07. The van der Waals surface area contributed by atoms with Crippen molar-refractivity contribution in [3.05, 3.63) is 26.6 Å². The van der Waals surface area contributed by atoms with Gasteiger partial charge in [0.25, 0.3) is 0 Å². The first-order chi connectivity index (χ1) is 9.10. The lowest BCUT2D eigenvalue weighted by atomic mass is 10.1. The van der Waals surface area contributed by atoms with Crippen LogP contribution in [-0.4, -0.2) is 13.7 Å². The number of rotatable bonds is 5. The molecule has 0 heterocycles. The predicted molar refractivity (Wildman–Crippen MR) is 86.6 cm³/mol. The van der Waals surface area contributed by atoms with Crippen molar-refractivity contribution in [3.8, 4) is 5.75 Å². The Morgan fingerprint density at radius 3 is 2.74 bits per heavy atom. The van der Waals surface area contributed by atoms with Crippen LogP contribution in [0.15, 0.2) is 21.1 Å². The van der Waals surface area contributed by atoms with Crippen LogP contribution in [0.3, 0.4) is 0 Å². The average Bonchev–Trinajstić information content (AvgIpc) is 2.74. The maximum atomic E-state index is 5.46. The van der Waals surface area contributed by atoms with Gasteiger partial charge in [0.15, 0.2) is 0 Å². The third kappa shape index (κ3) is 4.20. The number of benzene rings is 1. The second kappa shape index (κ2) is 7.09. The van der Waals surface area contributed by atoms with Crippen LogP contribution in [0.2, 0.25) is 0 Å². The standard InChI is InChI=1S/C15H21Br2NO/c1-10-3-4-11(5-10)8-18-9-12-6-13(16)7-14(17)15(12)19-2/h6-7,10-11,18H,3-5,8-9H2,1-2H3. The molecule has 0 aliphatic heterocycles. The Bertz CT molecular complexity index is 436. The average molecular weight is 391 g/mol. The quantitative estimate of drug-likeness (QED) is 0.783. The molecule has 0 amide bonds. The Labute approximate surface area is 132 Å². The van der Waals surface area contributed by atoms with E-state index in [0.717, 1.165) is 39.6 Å². The molecule has 1 fully saturated rings. The van der Waals surface area contributed by atoms with Gasteiger partial charge in [0, 0.05) is 16.6 Å². The predicted octanol–water partition coefficient (Wildman–Crippen LogP) is 4.75. The monoisotopic (exact) mass is 389 g/mol. The lowest BCUT2D eigenvalue weighted by Crippen LogP contribution is -2.21. The summed E-state index contributed by atoms with van der Waals surface area (Å²) in [6.07, 6.45) is 4.12. The molecule has 2 unspecified atom stereocenters. The Hall–Kier alpha value is -0.0600. The number of halogens is 2. The summed E-state index contributed by atoms with van der Waals surface area (Å²) in [5, 5.41) is 3.57. The Balaban J connectivity index is 1.92. The van der Waals surface area contributed by atoms with Gasteiger partial charge in [-0.05, 0) is 59.3 Å². The van der Waals surface area contributed by atoms with E-state index >= 15 is 0 Å². The SMILES string of the molecule is COc1c(Br)cc(Br)cc1CNCC1CCC(C)C1. The third-order valence-corrected chi connectivity index (χ3v) is 4.89. The minimum absolute atomic E-state index is 0.844. The van der Waals surface area contributed by atoms with Gasteiger partial charge < -0.3 is 10.1 Å². The molecule has 0 radical (unpaired) electrons. The second-order valence-corrected chi connectivity index (χ2v) is 7.27. The van der Waals surface area contributed by atoms with Crippen LogP contribution in [0.1, 0.15) is 31.7 Å². The summed E-state index contributed by atoms with van der Waals surface area (Å²) in [4.78, 5) is 0. The van der Waals surface area contributed by atoms with Gasteiger partial charge >= 0.3 is 0 Å².